The number of carbonyl (C=O) groups excluding carboxylic acids is 1. The summed E-state index contributed by atoms with van der Waals surface area (Å²) in [5, 5.41) is 12.2. The molecule has 0 unspecified atom stereocenters. The highest BCUT2D eigenvalue weighted by atomic mass is 79.9. The molecule has 8 heteroatoms. The van der Waals surface area contributed by atoms with E-state index in [0.29, 0.717) is 50.7 Å². The summed E-state index contributed by atoms with van der Waals surface area (Å²) in [6.07, 6.45) is 0.907. The van der Waals surface area contributed by atoms with E-state index in [9.17, 15) is 4.79 Å². The molecule has 0 saturated carbocycles. The molecule has 0 fully saturated rings. The number of carbonyl (C=O) groups is 1. The number of nitrogens with one attached hydrogen (secondary N) is 1. The molecule has 0 saturated heterocycles. The van der Waals surface area contributed by atoms with E-state index in [-0.39, 0.29) is 12.5 Å². The first-order valence-electron chi connectivity index (χ1n) is 14.8. The van der Waals surface area contributed by atoms with Crippen molar-refractivity contribution in [2.24, 2.45) is 4.99 Å². The second-order valence-corrected chi connectivity index (χ2v) is 11.6. The molecule has 0 spiro atoms. The normalized spacial score (nSPS) is 17.5. The summed E-state index contributed by atoms with van der Waals surface area (Å²) in [6, 6.07) is 33.8. The van der Waals surface area contributed by atoms with Gasteiger partial charge in [0.25, 0.3) is 5.91 Å². The molecule has 7 nitrogen and oxygen atoms in total. The average Bonchev–Trinajstić information content (AvgIpc) is 3.45. The number of hydrogen-bond acceptors (Lipinski definition) is 6. The van der Waals surface area contributed by atoms with Gasteiger partial charge in [0.05, 0.1) is 6.61 Å². The number of benzene rings is 4. The Morgan fingerprint density at radius 1 is 0.886 bits per heavy atom. The Kier molecular flexibility index (Phi) is 10.8. The van der Waals surface area contributed by atoms with Gasteiger partial charge in [-0.05, 0) is 65.1 Å². The minimum atomic E-state index is -1.26. The maximum Gasteiger partial charge on any atom is 0.252 e. The second-order valence-electron chi connectivity index (χ2n) is 10.7. The number of hydrogen-bond donors (Lipinski definition) is 2. The van der Waals surface area contributed by atoms with E-state index in [2.05, 4.69) is 45.5 Å². The fourth-order valence-electron chi connectivity index (χ4n) is 5.25. The van der Waals surface area contributed by atoms with Crippen LogP contribution in [0, 0.1) is 0 Å². The van der Waals surface area contributed by atoms with Crippen LogP contribution in [0.4, 0.5) is 0 Å². The number of aliphatic imine (C=N–C) groups is 1. The molecule has 4 aromatic rings. The van der Waals surface area contributed by atoms with E-state index in [1.165, 1.54) is 0 Å². The van der Waals surface area contributed by atoms with Gasteiger partial charge in [-0.15, -0.1) is 0 Å². The Morgan fingerprint density at radius 2 is 1.57 bits per heavy atom. The molecule has 1 amide bonds. The summed E-state index contributed by atoms with van der Waals surface area (Å²) in [7, 11) is 1.65. The number of methoxy groups -OCH3 is 1. The monoisotopic (exact) mass is 656 g/mol. The zero-order chi connectivity index (χ0) is 30.8. The summed E-state index contributed by atoms with van der Waals surface area (Å²) in [5.41, 5.74) is 3.49. The first-order chi connectivity index (χ1) is 21.5. The molecule has 2 atom stereocenters. The summed E-state index contributed by atoms with van der Waals surface area (Å²) in [4.78, 5) is 19.4. The third kappa shape index (κ3) is 7.56. The summed E-state index contributed by atoms with van der Waals surface area (Å²) in [6.45, 7) is 1.50. The fourth-order valence-corrected chi connectivity index (χ4v) is 5.51. The number of nitrogens with zero attached hydrogens (tertiary/aromatic N) is 1. The molecule has 1 aliphatic heterocycles. The molecule has 4 aromatic carbocycles. The third-order valence-electron chi connectivity index (χ3n) is 7.55. The van der Waals surface area contributed by atoms with Gasteiger partial charge < -0.3 is 24.6 Å². The number of aliphatic hydroxyl groups excluding tert-OH is 1. The molecule has 228 valence electrons. The fraction of sp³-hybridized carbons (Fsp3) is 0.278. The van der Waals surface area contributed by atoms with Gasteiger partial charge in [0, 0.05) is 49.7 Å². The number of amides is 1. The molecule has 1 aliphatic rings. The lowest BCUT2D eigenvalue weighted by atomic mass is 9.81. The van der Waals surface area contributed by atoms with Gasteiger partial charge in [-0.2, -0.15) is 0 Å². The van der Waals surface area contributed by atoms with Crippen LogP contribution in [0.25, 0.3) is 11.1 Å². The van der Waals surface area contributed by atoms with E-state index in [1.807, 2.05) is 78.9 Å². The van der Waals surface area contributed by atoms with Crippen molar-refractivity contribution in [1.29, 1.82) is 0 Å². The summed E-state index contributed by atoms with van der Waals surface area (Å²) in [5.74, 6) is 0.881. The molecular formula is C36H37BrN2O5. The van der Waals surface area contributed by atoms with Crippen LogP contribution in [0.1, 0.15) is 35.6 Å². The molecule has 2 N–H and O–H groups in total. The van der Waals surface area contributed by atoms with Crippen molar-refractivity contribution < 1.29 is 24.1 Å². The van der Waals surface area contributed by atoms with Crippen molar-refractivity contribution in [2.75, 3.05) is 33.5 Å². The van der Waals surface area contributed by atoms with Crippen LogP contribution in [-0.2, 0) is 20.7 Å². The van der Waals surface area contributed by atoms with Crippen LogP contribution in [0.5, 0.6) is 5.75 Å². The third-order valence-corrected chi connectivity index (χ3v) is 8.08. The van der Waals surface area contributed by atoms with Crippen molar-refractivity contribution in [2.45, 2.75) is 30.9 Å². The van der Waals surface area contributed by atoms with Gasteiger partial charge in [-0.1, -0.05) is 82.7 Å². The van der Waals surface area contributed by atoms with E-state index >= 15 is 0 Å². The molecule has 44 heavy (non-hydrogen) atoms. The van der Waals surface area contributed by atoms with E-state index in [0.717, 1.165) is 32.3 Å². The number of aliphatic hydroxyl groups is 1. The van der Waals surface area contributed by atoms with Crippen LogP contribution < -0.4 is 10.1 Å². The number of halogens is 1. The largest absolute Gasteiger partial charge is 0.494 e. The van der Waals surface area contributed by atoms with Crippen LogP contribution in [0.15, 0.2) is 113 Å². The smallest absolute Gasteiger partial charge is 0.252 e. The van der Waals surface area contributed by atoms with Gasteiger partial charge in [-0.3, -0.25) is 4.79 Å². The highest BCUT2D eigenvalue weighted by molar-refractivity contribution is 9.10. The molecule has 1 heterocycles. The zero-order valence-corrected chi connectivity index (χ0v) is 26.3. The van der Waals surface area contributed by atoms with Gasteiger partial charge in [0.15, 0.2) is 11.6 Å². The highest BCUT2D eigenvalue weighted by Crippen LogP contribution is 2.43. The molecule has 0 aliphatic carbocycles. The number of ether oxygens (including phenoxy) is 3. The standard InChI is InChI=1S/C36H37BrN2O5/c1-42-23-5-21-38-35(41)36(25-26-9-17-31(37)18-10-26)33(29-13-11-28(12-14-29)27-7-3-2-4-8-27)44-34(39-36)30-15-19-32(20-16-30)43-24-6-22-40/h2-4,7-20,33,40H,5-6,21-25H2,1H3,(H,38,41)/t33-,36-/m1/s1. The minimum Gasteiger partial charge on any atom is -0.494 e. The van der Waals surface area contributed by atoms with Gasteiger partial charge in [-0.25, -0.2) is 4.99 Å². The van der Waals surface area contributed by atoms with Crippen LogP contribution >= 0.6 is 15.9 Å². The molecule has 0 aromatic heterocycles. The topological polar surface area (TPSA) is 89.4 Å². The lowest BCUT2D eigenvalue weighted by Gasteiger charge is -2.31. The minimum absolute atomic E-state index is 0.0738. The Bertz CT molecular complexity index is 1530. The van der Waals surface area contributed by atoms with Crippen molar-refractivity contribution >= 4 is 27.7 Å². The van der Waals surface area contributed by atoms with Gasteiger partial charge >= 0.3 is 0 Å². The predicted octanol–water partition coefficient (Wildman–Crippen LogP) is 6.53. The Hall–Kier alpha value is -3.98. The van der Waals surface area contributed by atoms with Crippen LogP contribution in [0.3, 0.4) is 0 Å². The molecular weight excluding hydrogens is 620 g/mol. The molecule has 5 rings (SSSR count). The maximum absolute atomic E-state index is 14.3. The SMILES string of the molecule is COCCCNC(=O)[C@]1(Cc2ccc(Br)cc2)N=C(c2ccc(OCCCO)cc2)O[C@@H]1c1ccc(-c2ccccc2)cc1. The average molecular weight is 658 g/mol. The predicted molar refractivity (Wildman–Crippen MR) is 176 cm³/mol. The molecule has 0 radical (unpaired) electrons. The van der Waals surface area contributed by atoms with Crippen molar-refractivity contribution in [1.82, 2.24) is 5.32 Å². The Balaban J connectivity index is 1.54. The van der Waals surface area contributed by atoms with Gasteiger partial charge in [0.1, 0.15) is 5.75 Å². The zero-order valence-electron chi connectivity index (χ0n) is 24.7. The lowest BCUT2D eigenvalue weighted by Crippen LogP contribution is -2.50. The summed E-state index contributed by atoms with van der Waals surface area (Å²) < 4.78 is 18.5. The van der Waals surface area contributed by atoms with Gasteiger partial charge in [0.2, 0.25) is 5.90 Å². The lowest BCUT2D eigenvalue weighted by molar-refractivity contribution is -0.129. The van der Waals surface area contributed by atoms with E-state index in [4.69, 9.17) is 24.3 Å². The highest BCUT2D eigenvalue weighted by Gasteiger charge is 2.53. The van der Waals surface area contributed by atoms with Crippen molar-refractivity contribution in [3.05, 3.63) is 124 Å². The first kappa shape index (κ1) is 31.4. The van der Waals surface area contributed by atoms with Crippen molar-refractivity contribution in [3.63, 3.8) is 0 Å². The number of rotatable bonds is 14. The van der Waals surface area contributed by atoms with Crippen LogP contribution in [-0.4, -0.2) is 55.9 Å². The Labute approximate surface area is 267 Å². The van der Waals surface area contributed by atoms with Crippen LogP contribution in [0.2, 0.25) is 0 Å². The quantitative estimate of drug-likeness (QED) is 0.151. The van der Waals surface area contributed by atoms with Crippen molar-refractivity contribution in [3.8, 4) is 16.9 Å². The van der Waals surface area contributed by atoms with E-state index in [1.54, 1.807) is 7.11 Å². The maximum atomic E-state index is 14.3. The second kappa shape index (κ2) is 15.1. The first-order valence-corrected chi connectivity index (χ1v) is 15.6. The Morgan fingerprint density at radius 3 is 2.25 bits per heavy atom. The van der Waals surface area contributed by atoms with E-state index < -0.39 is 11.6 Å². The summed E-state index contributed by atoms with van der Waals surface area (Å²) >= 11 is 3.52. The molecule has 0 bridgehead atoms.